The Kier molecular flexibility index (Phi) is 11.4. The lowest BCUT2D eigenvalue weighted by Crippen LogP contribution is -2.54. The minimum absolute atomic E-state index is 0.0296. The molecular weight excluding hydrogens is 402 g/mol. The maximum atomic E-state index is 12.3. The van der Waals surface area contributed by atoms with Crippen molar-refractivity contribution in [1.82, 2.24) is 20.4 Å². The van der Waals surface area contributed by atoms with Gasteiger partial charge in [-0.1, -0.05) is 30.3 Å². The van der Waals surface area contributed by atoms with Crippen LogP contribution in [-0.4, -0.2) is 97.7 Å². The van der Waals surface area contributed by atoms with Gasteiger partial charge in [-0.3, -0.25) is 18.9 Å². The fraction of sp³-hybridized carbons (Fsp3) is 0.619. The Hall–Kier alpha value is -1.97. The van der Waals surface area contributed by atoms with Gasteiger partial charge in [-0.05, 0) is 12.5 Å². The Morgan fingerprint density at radius 1 is 1.17 bits per heavy atom. The monoisotopic (exact) mass is 437 g/mol. The summed E-state index contributed by atoms with van der Waals surface area (Å²) in [4.78, 5) is 21.0. The minimum Gasteiger partial charge on any atom is -0.383 e. The average Bonchev–Trinajstić information content (AvgIpc) is 2.75. The number of hydrogen-bond acceptors (Lipinski definition) is 5. The molecule has 1 fully saturated rings. The minimum atomic E-state index is -0.928. The SMILES string of the molecule is CCNC(=NCCS(=O)Cc1ccccc1)N1CCN(CC(=O)NCCOC)CC1. The van der Waals surface area contributed by atoms with E-state index in [9.17, 15) is 9.00 Å². The molecule has 2 N–H and O–H groups in total. The first-order valence-electron chi connectivity index (χ1n) is 10.5. The van der Waals surface area contributed by atoms with Crippen molar-refractivity contribution in [1.29, 1.82) is 0 Å². The molecular formula is C21H35N5O3S. The molecule has 1 saturated heterocycles. The lowest BCUT2D eigenvalue weighted by Gasteiger charge is -2.36. The van der Waals surface area contributed by atoms with E-state index in [4.69, 9.17) is 4.74 Å². The number of piperazine rings is 1. The Bertz CT molecular complexity index is 678. The van der Waals surface area contributed by atoms with E-state index in [0.717, 1.165) is 44.2 Å². The van der Waals surface area contributed by atoms with E-state index in [1.165, 1.54) is 0 Å². The maximum Gasteiger partial charge on any atom is 0.234 e. The van der Waals surface area contributed by atoms with Crippen LogP contribution < -0.4 is 10.6 Å². The normalized spacial score (nSPS) is 16.3. The topological polar surface area (TPSA) is 86.3 Å². The Morgan fingerprint density at radius 3 is 2.57 bits per heavy atom. The lowest BCUT2D eigenvalue weighted by atomic mass is 10.2. The third-order valence-electron chi connectivity index (χ3n) is 4.75. The van der Waals surface area contributed by atoms with Crippen LogP contribution in [0.2, 0.25) is 0 Å². The highest BCUT2D eigenvalue weighted by Crippen LogP contribution is 2.04. The number of guanidine groups is 1. The number of nitrogens with one attached hydrogen (secondary N) is 2. The van der Waals surface area contributed by atoms with Gasteiger partial charge in [0.1, 0.15) is 0 Å². The van der Waals surface area contributed by atoms with Gasteiger partial charge in [-0.15, -0.1) is 0 Å². The quantitative estimate of drug-likeness (QED) is 0.294. The summed E-state index contributed by atoms with van der Waals surface area (Å²) in [6.07, 6.45) is 0. The van der Waals surface area contributed by atoms with Crippen molar-refractivity contribution >= 4 is 22.7 Å². The van der Waals surface area contributed by atoms with E-state index in [-0.39, 0.29) is 5.91 Å². The molecule has 1 aromatic carbocycles. The first-order chi connectivity index (χ1) is 14.6. The zero-order chi connectivity index (χ0) is 21.6. The molecule has 2 rings (SSSR count). The van der Waals surface area contributed by atoms with E-state index >= 15 is 0 Å². The molecule has 168 valence electrons. The van der Waals surface area contributed by atoms with E-state index in [1.807, 2.05) is 37.3 Å². The van der Waals surface area contributed by atoms with Gasteiger partial charge in [-0.2, -0.15) is 0 Å². The van der Waals surface area contributed by atoms with Gasteiger partial charge in [-0.25, -0.2) is 0 Å². The molecule has 1 aliphatic rings. The van der Waals surface area contributed by atoms with Crippen LogP contribution in [-0.2, 0) is 26.1 Å². The zero-order valence-electron chi connectivity index (χ0n) is 18.1. The van der Waals surface area contributed by atoms with Gasteiger partial charge >= 0.3 is 0 Å². The number of aliphatic imine (C=N–C) groups is 1. The van der Waals surface area contributed by atoms with Crippen molar-refractivity contribution in [2.75, 3.05) is 71.8 Å². The molecule has 1 heterocycles. The molecule has 1 aliphatic heterocycles. The van der Waals surface area contributed by atoms with Crippen molar-refractivity contribution in [2.45, 2.75) is 12.7 Å². The van der Waals surface area contributed by atoms with Crippen molar-refractivity contribution in [3.8, 4) is 0 Å². The molecule has 30 heavy (non-hydrogen) atoms. The first kappa shape index (κ1) is 24.3. The molecule has 8 nitrogen and oxygen atoms in total. The van der Waals surface area contributed by atoms with Crippen molar-refractivity contribution in [2.24, 2.45) is 4.99 Å². The third-order valence-corrected chi connectivity index (χ3v) is 6.05. The number of nitrogens with zero attached hydrogens (tertiary/aromatic N) is 3. The molecule has 0 radical (unpaired) electrons. The van der Waals surface area contributed by atoms with Crippen LogP contribution in [0.15, 0.2) is 35.3 Å². The number of carbonyl (C=O) groups excluding carboxylic acids is 1. The number of amides is 1. The van der Waals surface area contributed by atoms with Gasteiger partial charge in [0.2, 0.25) is 5.91 Å². The van der Waals surface area contributed by atoms with Gasteiger partial charge < -0.3 is 20.3 Å². The van der Waals surface area contributed by atoms with Gasteiger partial charge in [0.05, 0.1) is 19.7 Å². The van der Waals surface area contributed by atoms with E-state index in [1.54, 1.807) is 7.11 Å². The highest BCUT2D eigenvalue weighted by Gasteiger charge is 2.21. The zero-order valence-corrected chi connectivity index (χ0v) is 19.0. The van der Waals surface area contributed by atoms with Gasteiger partial charge in [0, 0.05) is 68.7 Å². The third kappa shape index (κ3) is 9.23. The second-order valence-electron chi connectivity index (χ2n) is 7.12. The highest BCUT2D eigenvalue weighted by atomic mass is 32.2. The van der Waals surface area contributed by atoms with Crippen LogP contribution in [0.25, 0.3) is 0 Å². The van der Waals surface area contributed by atoms with E-state index in [0.29, 0.717) is 37.7 Å². The van der Waals surface area contributed by atoms with Crippen molar-refractivity contribution < 1.29 is 13.7 Å². The number of rotatable bonds is 11. The Labute approximate surface area is 182 Å². The number of ether oxygens (including phenoxy) is 1. The van der Waals surface area contributed by atoms with E-state index < -0.39 is 10.8 Å². The molecule has 0 saturated carbocycles. The van der Waals surface area contributed by atoms with E-state index in [2.05, 4.69) is 25.4 Å². The summed E-state index contributed by atoms with van der Waals surface area (Å²) in [5, 5.41) is 6.19. The van der Waals surface area contributed by atoms with Crippen molar-refractivity contribution in [3.05, 3.63) is 35.9 Å². The average molecular weight is 438 g/mol. The summed E-state index contributed by atoms with van der Waals surface area (Å²) in [7, 11) is 0.693. The molecule has 1 unspecified atom stereocenters. The van der Waals surface area contributed by atoms with Gasteiger partial charge in [0.15, 0.2) is 5.96 Å². The van der Waals surface area contributed by atoms with Crippen LogP contribution in [0.5, 0.6) is 0 Å². The standard InChI is InChI=1S/C21H35N5O3S/c1-3-22-21(24-10-16-30(28)18-19-7-5-4-6-8-19)26-13-11-25(12-14-26)17-20(27)23-9-15-29-2/h4-8H,3,9-18H2,1-2H3,(H,22,24)(H,23,27). The number of hydrogen-bond donors (Lipinski definition) is 2. The fourth-order valence-corrected chi connectivity index (χ4v) is 4.18. The molecule has 0 bridgehead atoms. The molecule has 1 aromatic rings. The molecule has 1 atom stereocenters. The summed E-state index contributed by atoms with van der Waals surface area (Å²) in [5.74, 6) is 2.00. The van der Waals surface area contributed by atoms with Crippen LogP contribution in [0.1, 0.15) is 12.5 Å². The number of methoxy groups -OCH3 is 1. The molecule has 9 heteroatoms. The maximum absolute atomic E-state index is 12.3. The number of benzene rings is 1. The molecule has 0 aromatic heterocycles. The van der Waals surface area contributed by atoms with Crippen LogP contribution in [0, 0.1) is 0 Å². The predicted molar refractivity (Wildman–Crippen MR) is 122 cm³/mol. The molecule has 1 amide bonds. The Balaban J connectivity index is 1.75. The summed E-state index contributed by atoms with van der Waals surface area (Å²) in [6.45, 7) is 8.07. The van der Waals surface area contributed by atoms with Crippen molar-refractivity contribution in [3.63, 3.8) is 0 Å². The van der Waals surface area contributed by atoms with Gasteiger partial charge in [0.25, 0.3) is 0 Å². The molecule has 0 aliphatic carbocycles. The number of carbonyl (C=O) groups is 1. The predicted octanol–water partition coefficient (Wildman–Crippen LogP) is 0.281. The first-order valence-corrected chi connectivity index (χ1v) is 12.0. The summed E-state index contributed by atoms with van der Waals surface area (Å²) in [5.41, 5.74) is 1.09. The summed E-state index contributed by atoms with van der Waals surface area (Å²) >= 11 is 0. The largest absolute Gasteiger partial charge is 0.383 e. The Morgan fingerprint density at radius 2 is 1.90 bits per heavy atom. The second-order valence-corrected chi connectivity index (χ2v) is 8.69. The lowest BCUT2D eigenvalue weighted by molar-refractivity contribution is -0.122. The summed E-state index contributed by atoms with van der Waals surface area (Å²) < 4.78 is 17.3. The fourth-order valence-electron chi connectivity index (χ4n) is 3.18. The second kappa shape index (κ2) is 14.1. The summed E-state index contributed by atoms with van der Waals surface area (Å²) in [6, 6.07) is 9.91. The van der Waals surface area contributed by atoms with Crippen LogP contribution in [0.4, 0.5) is 0 Å². The van der Waals surface area contributed by atoms with Crippen LogP contribution in [0.3, 0.4) is 0 Å². The highest BCUT2D eigenvalue weighted by molar-refractivity contribution is 7.84. The molecule has 0 spiro atoms. The van der Waals surface area contributed by atoms with Crippen LogP contribution >= 0.6 is 0 Å². The smallest absolute Gasteiger partial charge is 0.234 e.